The second-order valence-corrected chi connectivity index (χ2v) is 8.19. The molecule has 0 bridgehead atoms. The van der Waals surface area contributed by atoms with E-state index < -0.39 is 24.1 Å². The second-order valence-electron chi connectivity index (χ2n) is 8.19. The van der Waals surface area contributed by atoms with Crippen molar-refractivity contribution in [2.75, 3.05) is 13.6 Å². The minimum absolute atomic E-state index is 0.0519. The molecule has 0 aliphatic carbocycles. The van der Waals surface area contributed by atoms with Crippen LogP contribution in [0.15, 0.2) is 18.2 Å². The molecule has 26 heavy (non-hydrogen) atoms. The minimum Gasteiger partial charge on any atom is -0.399 e. The van der Waals surface area contributed by atoms with Gasteiger partial charge in [0.15, 0.2) is 5.78 Å². The van der Waals surface area contributed by atoms with Gasteiger partial charge in [0.25, 0.3) is 0 Å². The van der Waals surface area contributed by atoms with Crippen molar-refractivity contribution < 1.29 is 23.3 Å². The second kappa shape index (κ2) is 6.46. The lowest BCUT2D eigenvalue weighted by atomic mass is 9.77. The van der Waals surface area contributed by atoms with Gasteiger partial charge in [-0.2, -0.15) is 0 Å². The third-order valence-corrected chi connectivity index (χ3v) is 5.82. The summed E-state index contributed by atoms with van der Waals surface area (Å²) in [4.78, 5) is 26.1. The summed E-state index contributed by atoms with van der Waals surface area (Å²) in [7, 11) is 0.913. The first-order valence-corrected chi connectivity index (χ1v) is 8.95. The first kappa shape index (κ1) is 19.0. The highest BCUT2D eigenvalue weighted by Crippen LogP contribution is 2.36. The van der Waals surface area contributed by atoms with E-state index in [2.05, 4.69) is 0 Å². The maximum Gasteiger partial charge on any atom is 0.497 e. The van der Waals surface area contributed by atoms with Crippen LogP contribution in [0.25, 0.3) is 0 Å². The number of ketones is 1. The van der Waals surface area contributed by atoms with Gasteiger partial charge in [0.1, 0.15) is 5.82 Å². The normalized spacial score (nSPS) is 24.8. The summed E-state index contributed by atoms with van der Waals surface area (Å²) in [6.07, 6.45) is 0.775. The number of carbonyl (C=O) groups excluding carboxylic acids is 2. The molecule has 7 heteroatoms. The molecule has 2 aliphatic rings. The topological polar surface area (TPSA) is 55.8 Å². The number of hydrogen-bond acceptors (Lipinski definition) is 4. The number of carbonyl (C=O) groups is 2. The molecule has 1 amide bonds. The van der Waals surface area contributed by atoms with E-state index in [1.54, 1.807) is 24.1 Å². The Bertz CT molecular complexity index is 733. The number of halogens is 1. The predicted octanol–water partition coefficient (Wildman–Crippen LogP) is 2.18. The largest absolute Gasteiger partial charge is 0.497 e. The Morgan fingerprint density at radius 2 is 1.85 bits per heavy atom. The molecule has 140 valence electrons. The van der Waals surface area contributed by atoms with Crippen molar-refractivity contribution in [2.24, 2.45) is 5.92 Å². The van der Waals surface area contributed by atoms with Crippen LogP contribution in [0.4, 0.5) is 4.39 Å². The molecule has 2 heterocycles. The van der Waals surface area contributed by atoms with E-state index in [1.165, 1.54) is 6.07 Å². The Balaban J connectivity index is 1.78. The number of likely N-dealkylation sites (tertiary alicyclic amines) is 1. The van der Waals surface area contributed by atoms with Crippen LogP contribution in [0.3, 0.4) is 0 Å². The van der Waals surface area contributed by atoms with Crippen LogP contribution in [0.2, 0.25) is 0 Å². The highest BCUT2D eigenvalue weighted by atomic mass is 19.1. The molecule has 2 saturated heterocycles. The Morgan fingerprint density at radius 3 is 2.38 bits per heavy atom. The average molecular weight is 361 g/mol. The monoisotopic (exact) mass is 361 g/mol. The minimum atomic E-state index is -0.811. The van der Waals surface area contributed by atoms with E-state index in [4.69, 9.17) is 9.31 Å². The summed E-state index contributed by atoms with van der Waals surface area (Å²) in [5, 5.41) is 0. The van der Waals surface area contributed by atoms with Crippen LogP contribution in [-0.4, -0.2) is 48.5 Å². The molecular formula is C19H25BFNO4. The van der Waals surface area contributed by atoms with Gasteiger partial charge in [0.2, 0.25) is 5.91 Å². The van der Waals surface area contributed by atoms with Gasteiger partial charge in [-0.15, -0.1) is 0 Å². The smallest absolute Gasteiger partial charge is 0.399 e. The molecule has 0 spiro atoms. The van der Waals surface area contributed by atoms with Crippen molar-refractivity contribution in [1.29, 1.82) is 0 Å². The predicted molar refractivity (Wildman–Crippen MR) is 96.8 cm³/mol. The van der Waals surface area contributed by atoms with Crippen LogP contribution in [-0.2, 0) is 14.1 Å². The lowest BCUT2D eigenvalue weighted by Gasteiger charge is -2.32. The van der Waals surface area contributed by atoms with Gasteiger partial charge >= 0.3 is 7.12 Å². The number of nitrogens with zero attached hydrogens (tertiary/aromatic N) is 1. The van der Waals surface area contributed by atoms with E-state index in [0.29, 0.717) is 13.0 Å². The maximum atomic E-state index is 14.7. The molecule has 0 N–H and O–H groups in total. The van der Waals surface area contributed by atoms with E-state index in [9.17, 15) is 14.0 Å². The van der Waals surface area contributed by atoms with Gasteiger partial charge in [-0.05, 0) is 40.2 Å². The number of benzene rings is 1. The summed E-state index contributed by atoms with van der Waals surface area (Å²) >= 11 is 0. The van der Waals surface area contributed by atoms with Gasteiger partial charge < -0.3 is 14.2 Å². The SMILES string of the molecule is CN1CCC(C(=O)c2ccc(B3OC(C)(C)C(C)(C)O3)c(F)c2)CC1=O. The van der Waals surface area contributed by atoms with Gasteiger partial charge in [-0.3, -0.25) is 9.59 Å². The third-order valence-electron chi connectivity index (χ3n) is 5.82. The maximum absolute atomic E-state index is 14.7. The van der Waals surface area contributed by atoms with Gasteiger partial charge in [-0.25, -0.2) is 4.39 Å². The summed E-state index contributed by atoms with van der Waals surface area (Å²) < 4.78 is 26.4. The number of hydrogen-bond donors (Lipinski definition) is 0. The third kappa shape index (κ3) is 3.30. The fourth-order valence-electron chi connectivity index (χ4n) is 3.24. The fourth-order valence-corrected chi connectivity index (χ4v) is 3.24. The van der Waals surface area contributed by atoms with Crippen molar-refractivity contribution >= 4 is 24.3 Å². The van der Waals surface area contributed by atoms with Gasteiger partial charge in [0, 0.05) is 37.0 Å². The molecule has 0 aromatic heterocycles. The lowest BCUT2D eigenvalue weighted by molar-refractivity contribution is -0.132. The molecule has 2 fully saturated rings. The summed E-state index contributed by atoms with van der Waals surface area (Å²) in [6.45, 7) is 8.16. The van der Waals surface area contributed by atoms with Crippen LogP contribution in [0.1, 0.15) is 50.9 Å². The Labute approximate surface area is 154 Å². The zero-order chi connectivity index (χ0) is 19.3. The number of piperidine rings is 1. The van der Waals surface area contributed by atoms with Crippen molar-refractivity contribution in [3.63, 3.8) is 0 Å². The molecule has 1 unspecified atom stereocenters. The van der Waals surface area contributed by atoms with E-state index >= 15 is 0 Å². The molecule has 0 saturated carbocycles. The zero-order valence-corrected chi connectivity index (χ0v) is 16.0. The van der Waals surface area contributed by atoms with Crippen LogP contribution in [0.5, 0.6) is 0 Å². The quantitative estimate of drug-likeness (QED) is 0.612. The Hall–Kier alpha value is -1.73. The van der Waals surface area contributed by atoms with E-state index in [0.717, 1.165) is 0 Å². The Kier molecular flexibility index (Phi) is 4.73. The van der Waals surface area contributed by atoms with E-state index in [-0.39, 0.29) is 35.1 Å². The average Bonchev–Trinajstić information content (AvgIpc) is 2.77. The highest BCUT2D eigenvalue weighted by Gasteiger charge is 2.52. The summed E-state index contributed by atoms with van der Waals surface area (Å²) in [5.41, 5.74) is -0.565. The molecule has 3 rings (SSSR count). The molecule has 0 radical (unpaired) electrons. The Morgan fingerprint density at radius 1 is 1.23 bits per heavy atom. The van der Waals surface area contributed by atoms with Gasteiger partial charge in [-0.1, -0.05) is 12.1 Å². The summed E-state index contributed by atoms with van der Waals surface area (Å²) in [6, 6.07) is 4.36. The van der Waals surface area contributed by atoms with E-state index in [1.807, 2.05) is 27.7 Å². The van der Waals surface area contributed by atoms with Crippen molar-refractivity contribution in [3.8, 4) is 0 Å². The van der Waals surface area contributed by atoms with Crippen molar-refractivity contribution in [3.05, 3.63) is 29.6 Å². The first-order valence-electron chi connectivity index (χ1n) is 8.95. The number of amides is 1. The van der Waals surface area contributed by atoms with Crippen LogP contribution in [0, 0.1) is 11.7 Å². The number of Topliss-reactive ketones (excluding diaryl/α,β-unsaturated/α-hetero) is 1. The van der Waals surface area contributed by atoms with Crippen LogP contribution < -0.4 is 5.46 Å². The fraction of sp³-hybridized carbons (Fsp3) is 0.579. The molecular weight excluding hydrogens is 336 g/mol. The standard InChI is InChI=1S/C19H25BFNO4/c1-18(2)19(3,4)26-20(25-18)14-7-6-12(10-15(14)21)17(24)13-8-9-22(5)16(23)11-13/h6-7,10,13H,8-9,11H2,1-5H3. The van der Waals surface area contributed by atoms with Crippen molar-refractivity contribution in [1.82, 2.24) is 4.90 Å². The summed E-state index contributed by atoms with van der Waals surface area (Å²) in [5.74, 6) is -1.16. The molecule has 2 aliphatic heterocycles. The molecule has 1 aromatic carbocycles. The highest BCUT2D eigenvalue weighted by molar-refractivity contribution is 6.62. The molecule has 1 atom stereocenters. The number of rotatable bonds is 3. The lowest BCUT2D eigenvalue weighted by Crippen LogP contribution is -2.41. The molecule has 5 nitrogen and oxygen atoms in total. The van der Waals surface area contributed by atoms with Crippen molar-refractivity contribution in [2.45, 2.75) is 51.7 Å². The first-order chi connectivity index (χ1) is 12.0. The molecule has 1 aromatic rings. The zero-order valence-electron chi connectivity index (χ0n) is 16.0. The van der Waals surface area contributed by atoms with Crippen LogP contribution >= 0.6 is 0 Å². The van der Waals surface area contributed by atoms with Gasteiger partial charge in [0.05, 0.1) is 11.2 Å².